The molecule has 0 atom stereocenters. The van der Waals surface area contributed by atoms with Gasteiger partial charge in [0.15, 0.2) is 0 Å². The van der Waals surface area contributed by atoms with Crippen molar-refractivity contribution >= 4 is 11.8 Å². The lowest BCUT2D eigenvalue weighted by Gasteiger charge is -2.09. The van der Waals surface area contributed by atoms with Crippen molar-refractivity contribution in [2.24, 2.45) is 0 Å². The number of hydrogen-bond acceptors (Lipinski definition) is 5. The molecule has 5 heteroatoms. The first-order chi connectivity index (χ1) is 8.79. The van der Waals surface area contributed by atoms with E-state index in [2.05, 4.69) is 17.2 Å². The fourth-order valence-electron chi connectivity index (χ4n) is 1.45. The molecule has 1 rings (SSSR count). The highest BCUT2D eigenvalue weighted by Crippen LogP contribution is 2.12. The molecule has 0 aliphatic rings. The lowest BCUT2D eigenvalue weighted by molar-refractivity contribution is 0.0601. The summed E-state index contributed by atoms with van der Waals surface area (Å²) in [5, 5.41) is 3.11. The second kappa shape index (κ2) is 8.47. The summed E-state index contributed by atoms with van der Waals surface area (Å²) in [5.74, 6) is 0.174. The van der Waals surface area contributed by atoms with Crippen molar-refractivity contribution < 1.29 is 14.3 Å². The van der Waals surface area contributed by atoms with Gasteiger partial charge >= 0.3 is 5.97 Å². The molecule has 0 bridgehead atoms. The highest BCUT2D eigenvalue weighted by Gasteiger charge is 2.11. The molecule has 0 saturated carbocycles. The van der Waals surface area contributed by atoms with Gasteiger partial charge in [0.1, 0.15) is 11.4 Å². The Balaban J connectivity index is 2.39. The van der Waals surface area contributed by atoms with Crippen LogP contribution in [0.4, 0.5) is 5.82 Å². The van der Waals surface area contributed by atoms with Crippen LogP contribution in [0, 0.1) is 0 Å². The van der Waals surface area contributed by atoms with Crippen molar-refractivity contribution in [3.05, 3.63) is 23.9 Å². The minimum Gasteiger partial charge on any atom is -0.465 e. The number of methoxy groups -OCH3 is 1. The molecule has 18 heavy (non-hydrogen) atoms. The maximum Gasteiger partial charge on any atom is 0.341 e. The zero-order valence-corrected chi connectivity index (χ0v) is 10.9. The average Bonchev–Trinajstić information content (AvgIpc) is 2.42. The maximum absolute atomic E-state index is 11.5. The van der Waals surface area contributed by atoms with Crippen LogP contribution in [-0.4, -0.2) is 37.8 Å². The van der Waals surface area contributed by atoms with E-state index in [9.17, 15) is 4.79 Å². The first-order valence-corrected chi connectivity index (χ1v) is 6.14. The predicted molar refractivity (Wildman–Crippen MR) is 69.8 cm³/mol. The number of nitrogens with one attached hydrogen (secondary N) is 1. The lowest BCUT2D eigenvalue weighted by atomic mass is 10.2. The summed E-state index contributed by atoms with van der Waals surface area (Å²) in [6.07, 6.45) is 3.54. The molecule has 0 unspecified atom stereocenters. The molecular formula is C13H20N2O3. The molecule has 0 saturated heterocycles. The quantitative estimate of drug-likeness (QED) is 0.567. The second-order valence-corrected chi connectivity index (χ2v) is 3.78. The number of rotatable bonds is 8. The monoisotopic (exact) mass is 252 g/mol. The van der Waals surface area contributed by atoms with Gasteiger partial charge in [-0.05, 0) is 25.0 Å². The molecule has 0 aliphatic heterocycles. The largest absolute Gasteiger partial charge is 0.465 e. The molecule has 0 radical (unpaired) electrons. The summed E-state index contributed by atoms with van der Waals surface area (Å²) in [7, 11) is 1.36. The summed E-state index contributed by atoms with van der Waals surface area (Å²) in [4.78, 5) is 15.6. The topological polar surface area (TPSA) is 60.5 Å². The Morgan fingerprint density at radius 1 is 1.44 bits per heavy atom. The Morgan fingerprint density at radius 2 is 2.28 bits per heavy atom. The summed E-state index contributed by atoms with van der Waals surface area (Å²) < 4.78 is 10.1. The van der Waals surface area contributed by atoms with Crippen LogP contribution in [-0.2, 0) is 9.47 Å². The van der Waals surface area contributed by atoms with Crippen molar-refractivity contribution in [2.75, 3.05) is 32.2 Å². The van der Waals surface area contributed by atoms with E-state index in [0.717, 1.165) is 19.4 Å². The second-order valence-electron chi connectivity index (χ2n) is 3.78. The van der Waals surface area contributed by atoms with Gasteiger partial charge in [-0.2, -0.15) is 0 Å². The average molecular weight is 252 g/mol. The van der Waals surface area contributed by atoms with Crippen molar-refractivity contribution in [1.29, 1.82) is 0 Å². The maximum atomic E-state index is 11.5. The Hall–Kier alpha value is -1.62. The number of nitrogens with zero attached hydrogens (tertiary/aromatic N) is 1. The number of carbonyl (C=O) groups excluding carboxylic acids is 1. The third kappa shape index (κ3) is 4.71. The smallest absolute Gasteiger partial charge is 0.341 e. The number of pyridine rings is 1. The number of ether oxygens (including phenoxy) is 2. The molecule has 0 aliphatic carbocycles. The van der Waals surface area contributed by atoms with Gasteiger partial charge in [-0.15, -0.1) is 0 Å². The van der Waals surface area contributed by atoms with Gasteiger partial charge in [0.25, 0.3) is 0 Å². The minimum absolute atomic E-state index is 0.382. The third-order valence-corrected chi connectivity index (χ3v) is 2.32. The fourth-order valence-corrected chi connectivity index (χ4v) is 1.45. The van der Waals surface area contributed by atoms with Gasteiger partial charge in [-0.1, -0.05) is 6.92 Å². The molecule has 1 heterocycles. The van der Waals surface area contributed by atoms with E-state index in [-0.39, 0.29) is 5.97 Å². The Morgan fingerprint density at radius 3 is 3.00 bits per heavy atom. The minimum atomic E-state index is -0.382. The summed E-state index contributed by atoms with van der Waals surface area (Å²) >= 11 is 0. The summed E-state index contributed by atoms with van der Waals surface area (Å²) in [5.41, 5.74) is 0.453. The van der Waals surface area contributed by atoms with Gasteiger partial charge in [0.05, 0.1) is 7.11 Å². The molecular weight excluding hydrogens is 232 g/mol. The Bertz CT molecular complexity index is 369. The normalized spacial score (nSPS) is 10.1. The van der Waals surface area contributed by atoms with Gasteiger partial charge in [-0.25, -0.2) is 9.78 Å². The zero-order valence-electron chi connectivity index (χ0n) is 10.9. The number of carbonyl (C=O) groups is 1. The van der Waals surface area contributed by atoms with Crippen LogP contribution in [0.25, 0.3) is 0 Å². The van der Waals surface area contributed by atoms with Crippen molar-refractivity contribution in [3.8, 4) is 0 Å². The third-order valence-electron chi connectivity index (χ3n) is 2.32. The van der Waals surface area contributed by atoms with E-state index >= 15 is 0 Å². The highest BCUT2D eigenvalue weighted by atomic mass is 16.5. The molecule has 0 amide bonds. The summed E-state index contributed by atoms with van der Waals surface area (Å²) in [6, 6.07) is 3.40. The van der Waals surface area contributed by atoms with E-state index in [1.165, 1.54) is 7.11 Å². The molecule has 100 valence electrons. The predicted octanol–water partition coefficient (Wildman–Crippen LogP) is 2.10. The van der Waals surface area contributed by atoms with Crippen LogP contribution in [0.5, 0.6) is 0 Å². The number of anilines is 1. The van der Waals surface area contributed by atoms with E-state index in [1.54, 1.807) is 18.3 Å². The van der Waals surface area contributed by atoms with Crippen LogP contribution in [0.1, 0.15) is 30.1 Å². The zero-order chi connectivity index (χ0) is 13.2. The Kier molecular flexibility index (Phi) is 6.79. The number of hydrogen-bond donors (Lipinski definition) is 1. The van der Waals surface area contributed by atoms with Crippen LogP contribution in [0.3, 0.4) is 0 Å². The van der Waals surface area contributed by atoms with Gasteiger partial charge < -0.3 is 14.8 Å². The number of aromatic nitrogens is 1. The van der Waals surface area contributed by atoms with Gasteiger partial charge in [0.2, 0.25) is 0 Å². The first-order valence-electron chi connectivity index (χ1n) is 6.14. The molecule has 0 aromatic carbocycles. The van der Waals surface area contributed by atoms with Crippen LogP contribution < -0.4 is 5.32 Å². The van der Waals surface area contributed by atoms with Crippen LogP contribution in [0.15, 0.2) is 18.3 Å². The molecule has 0 spiro atoms. The van der Waals surface area contributed by atoms with E-state index in [1.807, 2.05) is 0 Å². The molecule has 1 aromatic heterocycles. The highest BCUT2D eigenvalue weighted by molar-refractivity contribution is 5.94. The summed E-state index contributed by atoms with van der Waals surface area (Å²) in [6.45, 7) is 4.29. The van der Waals surface area contributed by atoms with Crippen molar-refractivity contribution in [3.63, 3.8) is 0 Å². The van der Waals surface area contributed by atoms with E-state index < -0.39 is 0 Å². The van der Waals surface area contributed by atoms with Crippen molar-refractivity contribution in [1.82, 2.24) is 4.98 Å². The number of esters is 1. The van der Waals surface area contributed by atoms with Crippen molar-refractivity contribution in [2.45, 2.75) is 19.8 Å². The SMILES string of the molecule is CCCOCCCNc1ncccc1C(=O)OC. The van der Waals surface area contributed by atoms with Crippen LogP contribution >= 0.6 is 0 Å². The van der Waals surface area contributed by atoms with E-state index in [4.69, 9.17) is 9.47 Å². The molecule has 0 fully saturated rings. The lowest BCUT2D eigenvalue weighted by Crippen LogP contribution is -2.12. The molecule has 5 nitrogen and oxygen atoms in total. The standard InChI is InChI=1S/C13H20N2O3/c1-3-9-18-10-5-8-15-12-11(13(16)17-2)6-4-7-14-12/h4,6-7H,3,5,8-10H2,1-2H3,(H,14,15). The van der Waals surface area contributed by atoms with Gasteiger partial charge in [0, 0.05) is 26.0 Å². The van der Waals surface area contributed by atoms with E-state index in [0.29, 0.717) is 24.5 Å². The fraction of sp³-hybridized carbons (Fsp3) is 0.538. The Labute approximate surface area is 108 Å². The first kappa shape index (κ1) is 14.4. The van der Waals surface area contributed by atoms with Crippen LogP contribution in [0.2, 0.25) is 0 Å². The van der Waals surface area contributed by atoms with Gasteiger partial charge in [-0.3, -0.25) is 0 Å². The molecule has 1 N–H and O–H groups in total. The molecule has 1 aromatic rings.